The van der Waals surface area contributed by atoms with Crippen LogP contribution in [0.5, 0.6) is 0 Å². The molecule has 8 nitrogen and oxygen atoms in total. The molecule has 202 valence electrons. The second kappa shape index (κ2) is 11.2. The molecule has 8 heteroatoms. The summed E-state index contributed by atoms with van der Waals surface area (Å²) in [7, 11) is 1.57. The lowest BCUT2D eigenvalue weighted by Gasteiger charge is -2.42. The summed E-state index contributed by atoms with van der Waals surface area (Å²) in [6, 6.07) is 7.34. The van der Waals surface area contributed by atoms with E-state index in [-0.39, 0.29) is 42.8 Å². The van der Waals surface area contributed by atoms with E-state index in [0.717, 1.165) is 32.0 Å². The van der Waals surface area contributed by atoms with Gasteiger partial charge in [0, 0.05) is 18.7 Å². The first kappa shape index (κ1) is 26.3. The number of ether oxygens (including phenoxy) is 2. The van der Waals surface area contributed by atoms with E-state index in [9.17, 15) is 14.4 Å². The number of carbonyl (C=O) groups excluding carboxylic acids is 3. The van der Waals surface area contributed by atoms with Crippen molar-refractivity contribution in [1.82, 2.24) is 15.1 Å². The molecule has 1 aromatic carbocycles. The highest BCUT2D eigenvalue weighted by Gasteiger charge is 2.53. The molecule has 1 N–H and O–H groups in total. The summed E-state index contributed by atoms with van der Waals surface area (Å²) >= 11 is 0. The number of nitrogens with zero attached hydrogens (tertiary/aromatic N) is 2. The van der Waals surface area contributed by atoms with Crippen molar-refractivity contribution in [1.29, 1.82) is 0 Å². The number of methoxy groups -OCH3 is 1. The number of hydrogen-bond acceptors (Lipinski definition) is 6. The number of nitrogens with one attached hydrogen (secondary N) is 1. The first-order valence-electron chi connectivity index (χ1n) is 14.0. The fourth-order valence-corrected chi connectivity index (χ4v) is 6.44. The second-order valence-electron chi connectivity index (χ2n) is 11.6. The van der Waals surface area contributed by atoms with Crippen LogP contribution in [-0.2, 0) is 19.1 Å². The van der Waals surface area contributed by atoms with Gasteiger partial charge in [-0.1, -0.05) is 32.4 Å². The molecule has 4 fully saturated rings. The molecule has 0 radical (unpaired) electrons. The zero-order valence-corrected chi connectivity index (χ0v) is 22.4. The topological polar surface area (TPSA) is 88.2 Å². The number of amides is 2. The van der Waals surface area contributed by atoms with Crippen molar-refractivity contribution in [2.45, 2.75) is 88.6 Å². The van der Waals surface area contributed by atoms with Gasteiger partial charge in [0.05, 0.1) is 6.54 Å². The number of rotatable bonds is 8. The SMILES string of the molecule is CO[C@H]1CN(C(=O)C(CC(C)C)NC(=O)c2ccc(C3CCN(C4CCC4)CC3)cc2)[C@@H]2C(=O)CO[C@H]12. The summed E-state index contributed by atoms with van der Waals surface area (Å²) in [6.07, 6.45) is 6.11. The zero-order chi connectivity index (χ0) is 26.1. The normalized spacial score (nSPS) is 27.8. The van der Waals surface area contributed by atoms with Crippen molar-refractivity contribution in [2.75, 3.05) is 33.4 Å². The predicted octanol–water partition coefficient (Wildman–Crippen LogP) is 2.76. The Bertz CT molecular complexity index is 984. The van der Waals surface area contributed by atoms with Crippen molar-refractivity contribution < 1.29 is 23.9 Å². The molecule has 1 saturated carbocycles. The molecule has 0 spiro atoms. The van der Waals surface area contributed by atoms with E-state index in [1.54, 1.807) is 12.0 Å². The van der Waals surface area contributed by atoms with Crippen LogP contribution >= 0.6 is 0 Å². The van der Waals surface area contributed by atoms with Crippen LogP contribution in [0, 0.1) is 5.92 Å². The quantitative estimate of drug-likeness (QED) is 0.578. The van der Waals surface area contributed by atoms with Crippen molar-refractivity contribution in [3.63, 3.8) is 0 Å². The largest absolute Gasteiger partial charge is 0.377 e. The number of likely N-dealkylation sites (tertiary alicyclic amines) is 2. The molecule has 37 heavy (non-hydrogen) atoms. The van der Waals surface area contributed by atoms with Gasteiger partial charge in [0.1, 0.15) is 30.9 Å². The third-order valence-electron chi connectivity index (χ3n) is 8.80. The minimum absolute atomic E-state index is 0.00780. The van der Waals surface area contributed by atoms with Crippen molar-refractivity contribution in [3.8, 4) is 0 Å². The van der Waals surface area contributed by atoms with Crippen LogP contribution in [0.15, 0.2) is 24.3 Å². The number of Topliss-reactive ketones (excluding diaryl/α,β-unsaturated/α-hetero) is 1. The summed E-state index contributed by atoms with van der Waals surface area (Å²) in [5, 5.41) is 2.97. The summed E-state index contributed by atoms with van der Waals surface area (Å²) in [5.74, 6) is 0.103. The molecule has 1 aromatic rings. The Morgan fingerprint density at radius 1 is 1.11 bits per heavy atom. The lowest BCUT2D eigenvalue weighted by Crippen LogP contribution is -2.52. The molecule has 3 heterocycles. The van der Waals surface area contributed by atoms with Crippen LogP contribution in [-0.4, -0.2) is 91.1 Å². The van der Waals surface area contributed by atoms with Gasteiger partial charge in [-0.15, -0.1) is 0 Å². The molecule has 0 bridgehead atoms. The summed E-state index contributed by atoms with van der Waals surface area (Å²) in [5.41, 5.74) is 1.83. The maximum absolute atomic E-state index is 13.6. The van der Waals surface area contributed by atoms with Gasteiger partial charge < -0.3 is 24.6 Å². The van der Waals surface area contributed by atoms with E-state index >= 15 is 0 Å². The van der Waals surface area contributed by atoms with E-state index in [4.69, 9.17) is 9.47 Å². The molecule has 5 rings (SSSR count). The molecule has 4 aliphatic rings. The Balaban J connectivity index is 1.22. The zero-order valence-electron chi connectivity index (χ0n) is 22.4. The molecule has 1 aliphatic carbocycles. The number of benzene rings is 1. The minimum atomic E-state index is -0.715. The Kier molecular flexibility index (Phi) is 7.98. The summed E-state index contributed by atoms with van der Waals surface area (Å²) in [4.78, 5) is 43.5. The highest BCUT2D eigenvalue weighted by molar-refractivity contribution is 5.99. The first-order valence-corrected chi connectivity index (χ1v) is 14.0. The Morgan fingerprint density at radius 2 is 1.81 bits per heavy atom. The van der Waals surface area contributed by atoms with Gasteiger partial charge in [0.15, 0.2) is 5.78 Å². The number of carbonyl (C=O) groups is 3. The van der Waals surface area contributed by atoms with Crippen LogP contribution in [0.2, 0.25) is 0 Å². The van der Waals surface area contributed by atoms with E-state index < -0.39 is 18.2 Å². The van der Waals surface area contributed by atoms with Crippen LogP contribution in [0.1, 0.15) is 74.2 Å². The Labute approximate surface area is 220 Å². The second-order valence-corrected chi connectivity index (χ2v) is 11.6. The fourth-order valence-electron chi connectivity index (χ4n) is 6.44. The van der Waals surface area contributed by atoms with E-state index in [2.05, 4.69) is 22.3 Å². The van der Waals surface area contributed by atoms with Crippen LogP contribution in [0.4, 0.5) is 0 Å². The van der Waals surface area contributed by atoms with Crippen LogP contribution < -0.4 is 5.32 Å². The number of hydrogen-bond donors (Lipinski definition) is 1. The third-order valence-corrected chi connectivity index (χ3v) is 8.80. The average Bonchev–Trinajstić information content (AvgIpc) is 3.43. The molecule has 2 amide bonds. The van der Waals surface area contributed by atoms with E-state index in [0.29, 0.717) is 17.9 Å². The Hall–Kier alpha value is -2.29. The van der Waals surface area contributed by atoms with Gasteiger partial charge in [0.2, 0.25) is 5.91 Å². The Morgan fingerprint density at radius 3 is 2.41 bits per heavy atom. The summed E-state index contributed by atoms with van der Waals surface area (Å²) in [6.45, 7) is 6.64. The number of fused-ring (bicyclic) bond motifs is 1. The van der Waals surface area contributed by atoms with Crippen molar-refractivity contribution >= 4 is 17.6 Å². The summed E-state index contributed by atoms with van der Waals surface area (Å²) < 4.78 is 11.1. The maximum atomic E-state index is 13.6. The van der Waals surface area contributed by atoms with Gasteiger partial charge in [-0.3, -0.25) is 14.4 Å². The number of ketones is 1. The lowest BCUT2D eigenvalue weighted by atomic mass is 9.85. The lowest BCUT2D eigenvalue weighted by molar-refractivity contribution is -0.138. The van der Waals surface area contributed by atoms with Gasteiger partial charge >= 0.3 is 0 Å². The third kappa shape index (κ3) is 5.47. The van der Waals surface area contributed by atoms with Crippen LogP contribution in [0.25, 0.3) is 0 Å². The predicted molar refractivity (Wildman–Crippen MR) is 139 cm³/mol. The fraction of sp³-hybridized carbons (Fsp3) is 0.690. The van der Waals surface area contributed by atoms with E-state index in [1.807, 2.05) is 26.0 Å². The molecule has 3 aliphatic heterocycles. The minimum Gasteiger partial charge on any atom is -0.377 e. The van der Waals surface area contributed by atoms with Gasteiger partial charge in [-0.25, -0.2) is 0 Å². The molecule has 0 aromatic heterocycles. The molecular formula is C29H41N3O5. The smallest absolute Gasteiger partial charge is 0.251 e. The first-order chi connectivity index (χ1) is 17.9. The standard InChI is InChI=1S/C29H41N3O5/c1-18(2)15-23(29(35)32-16-25(36-3)27-26(32)24(33)17-37-27)30-28(34)21-9-7-19(8-10-21)20-11-13-31(14-12-20)22-5-4-6-22/h7-10,18,20,22-23,25-27H,4-6,11-17H2,1-3H3,(H,30,34)/t23?,25-,26+,27+/m0/s1. The van der Waals surface area contributed by atoms with Crippen molar-refractivity contribution in [2.24, 2.45) is 5.92 Å². The van der Waals surface area contributed by atoms with E-state index in [1.165, 1.54) is 24.8 Å². The molecule has 3 saturated heterocycles. The number of piperidine rings is 1. The van der Waals surface area contributed by atoms with Crippen molar-refractivity contribution in [3.05, 3.63) is 35.4 Å². The molecular weight excluding hydrogens is 470 g/mol. The van der Waals surface area contributed by atoms with Gasteiger partial charge in [0.25, 0.3) is 5.91 Å². The van der Waals surface area contributed by atoms with Gasteiger partial charge in [-0.05, 0) is 74.7 Å². The molecule has 4 atom stereocenters. The highest BCUT2D eigenvalue weighted by Crippen LogP contribution is 2.33. The average molecular weight is 512 g/mol. The molecule has 1 unspecified atom stereocenters. The monoisotopic (exact) mass is 511 g/mol. The van der Waals surface area contributed by atoms with Gasteiger partial charge in [-0.2, -0.15) is 0 Å². The maximum Gasteiger partial charge on any atom is 0.251 e. The van der Waals surface area contributed by atoms with Crippen LogP contribution in [0.3, 0.4) is 0 Å². The highest BCUT2D eigenvalue weighted by atomic mass is 16.5.